The van der Waals surface area contributed by atoms with E-state index in [0.29, 0.717) is 6.04 Å². The van der Waals surface area contributed by atoms with Crippen LogP contribution in [-0.4, -0.2) is 22.0 Å². The second-order valence-electron chi connectivity index (χ2n) is 4.80. The zero-order valence-electron chi connectivity index (χ0n) is 10.6. The van der Waals surface area contributed by atoms with Crippen LogP contribution in [0.25, 0.3) is 4.96 Å². The summed E-state index contributed by atoms with van der Waals surface area (Å²) in [7, 11) is 0. The average molecular weight is 328 g/mol. The van der Waals surface area contributed by atoms with Crippen LogP contribution in [0.5, 0.6) is 0 Å². The van der Waals surface area contributed by atoms with Crippen molar-refractivity contribution in [2.75, 3.05) is 11.4 Å². The van der Waals surface area contributed by atoms with Crippen molar-refractivity contribution >= 4 is 38.0 Å². The highest BCUT2D eigenvalue weighted by atomic mass is 79.9. The predicted molar refractivity (Wildman–Crippen MR) is 81.0 cm³/mol. The van der Waals surface area contributed by atoms with Gasteiger partial charge in [0.2, 0.25) is 0 Å². The Bertz CT molecular complexity index is 527. The summed E-state index contributed by atoms with van der Waals surface area (Å²) in [5, 5.41) is 2.97. The highest BCUT2D eigenvalue weighted by molar-refractivity contribution is 9.08. The molecule has 1 saturated carbocycles. The third kappa shape index (κ3) is 1.97. The van der Waals surface area contributed by atoms with Crippen LogP contribution in [0.4, 0.5) is 5.82 Å². The minimum atomic E-state index is 0.692. The molecule has 0 radical (unpaired) electrons. The number of aromatic nitrogens is 2. The van der Waals surface area contributed by atoms with E-state index in [9.17, 15) is 0 Å². The molecule has 2 heterocycles. The van der Waals surface area contributed by atoms with Gasteiger partial charge in [0.25, 0.3) is 0 Å². The third-order valence-electron chi connectivity index (χ3n) is 3.84. The summed E-state index contributed by atoms with van der Waals surface area (Å²) < 4.78 is 2.21. The number of halogens is 1. The van der Waals surface area contributed by atoms with E-state index in [2.05, 4.69) is 43.7 Å². The summed E-state index contributed by atoms with van der Waals surface area (Å²) in [5.74, 6) is 1.19. The van der Waals surface area contributed by atoms with Gasteiger partial charge >= 0.3 is 0 Å². The molecule has 3 rings (SSSR count). The summed E-state index contributed by atoms with van der Waals surface area (Å²) in [6.45, 7) is 3.29. The first-order valence-corrected chi connectivity index (χ1v) is 8.62. The Morgan fingerprint density at radius 3 is 2.94 bits per heavy atom. The second kappa shape index (κ2) is 5.21. The Morgan fingerprint density at radius 2 is 2.28 bits per heavy atom. The van der Waals surface area contributed by atoms with E-state index >= 15 is 0 Å². The number of alkyl halides is 1. The molecule has 18 heavy (non-hydrogen) atoms. The largest absolute Gasteiger partial charge is 0.352 e. The van der Waals surface area contributed by atoms with Crippen molar-refractivity contribution in [3.63, 3.8) is 0 Å². The minimum Gasteiger partial charge on any atom is -0.352 e. The van der Waals surface area contributed by atoms with E-state index in [-0.39, 0.29) is 0 Å². The summed E-state index contributed by atoms with van der Waals surface area (Å²) >= 11 is 5.33. The first-order chi connectivity index (χ1) is 8.85. The number of nitrogens with zero attached hydrogens (tertiary/aromatic N) is 3. The number of anilines is 1. The van der Waals surface area contributed by atoms with Crippen molar-refractivity contribution in [3.05, 3.63) is 17.3 Å². The molecule has 1 aliphatic rings. The molecule has 0 spiro atoms. The molecule has 5 heteroatoms. The monoisotopic (exact) mass is 327 g/mol. The maximum absolute atomic E-state index is 4.84. The van der Waals surface area contributed by atoms with Crippen molar-refractivity contribution in [1.29, 1.82) is 0 Å². The maximum atomic E-state index is 4.84. The van der Waals surface area contributed by atoms with Crippen molar-refractivity contribution in [3.8, 4) is 0 Å². The second-order valence-corrected chi connectivity index (χ2v) is 6.23. The van der Waals surface area contributed by atoms with Gasteiger partial charge in [0.1, 0.15) is 0 Å². The van der Waals surface area contributed by atoms with E-state index in [1.165, 1.54) is 37.2 Å². The van der Waals surface area contributed by atoms with Crippen LogP contribution in [-0.2, 0) is 5.33 Å². The zero-order valence-corrected chi connectivity index (χ0v) is 13.0. The minimum absolute atomic E-state index is 0.692. The van der Waals surface area contributed by atoms with Crippen molar-refractivity contribution < 1.29 is 0 Å². The van der Waals surface area contributed by atoms with Crippen LogP contribution >= 0.6 is 27.3 Å². The van der Waals surface area contributed by atoms with Crippen molar-refractivity contribution in [2.24, 2.45) is 0 Å². The van der Waals surface area contributed by atoms with Crippen LogP contribution in [0.15, 0.2) is 11.6 Å². The van der Waals surface area contributed by atoms with Gasteiger partial charge in [-0.15, -0.1) is 11.3 Å². The number of fused-ring (bicyclic) bond motifs is 1. The third-order valence-corrected chi connectivity index (χ3v) is 5.13. The van der Waals surface area contributed by atoms with E-state index in [4.69, 9.17) is 4.98 Å². The Labute approximate surface area is 120 Å². The maximum Gasteiger partial charge on any atom is 0.195 e. The fraction of sp³-hybridized carbons (Fsp3) is 0.615. The van der Waals surface area contributed by atoms with E-state index < -0.39 is 0 Å². The summed E-state index contributed by atoms with van der Waals surface area (Å²) in [6, 6.07) is 0.692. The first-order valence-electron chi connectivity index (χ1n) is 6.62. The lowest BCUT2D eigenvalue weighted by Gasteiger charge is -2.28. The summed E-state index contributed by atoms with van der Waals surface area (Å²) in [5.41, 5.74) is 1.29. The number of rotatable bonds is 4. The van der Waals surface area contributed by atoms with E-state index in [1.54, 1.807) is 11.3 Å². The number of thiazole rings is 1. The molecule has 0 aliphatic heterocycles. The molecule has 2 aromatic heterocycles. The smallest absolute Gasteiger partial charge is 0.195 e. The van der Waals surface area contributed by atoms with Gasteiger partial charge in [0.05, 0.1) is 5.69 Å². The highest BCUT2D eigenvalue weighted by Crippen LogP contribution is 2.32. The van der Waals surface area contributed by atoms with Crippen LogP contribution in [0.1, 0.15) is 38.3 Å². The number of hydrogen-bond donors (Lipinski definition) is 0. The summed E-state index contributed by atoms with van der Waals surface area (Å²) in [4.78, 5) is 8.45. The molecule has 0 aromatic carbocycles. The Hall–Kier alpha value is -0.550. The van der Waals surface area contributed by atoms with Gasteiger partial charge in [-0.25, -0.2) is 4.98 Å². The molecule has 0 atom stereocenters. The summed E-state index contributed by atoms with van der Waals surface area (Å²) in [6.07, 6.45) is 7.50. The fourth-order valence-corrected chi connectivity index (χ4v) is 4.22. The van der Waals surface area contributed by atoms with Crippen LogP contribution in [0.2, 0.25) is 0 Å². The topological polar surface area (TPSA) is 20.5 Å². The quantitative estimate of drug-likeness (QED) is 0.789. The normalized spacial score (nSPS) is 16.8. The number of imidazole rings is 1. The predicted octanol–water partition coefficient (Wildman–Crippen LogP) is 4.06. The Kier molecular flexibility index (Phi) is 3.61. The van der Waals surface area contributed by atoms with Gasteiger partial charge in [-0.05, 0) is 19.8 Å². The molecule has 3 nitrogen and oxygen atoms in total. The molecule has 0 amide bonds. The molecule has 1 aliphatic carbocycles. The molecule has 0 saturated heterocycles. The van der Waals surface area contributed by atoms with Crippen LogP contribution in [0, 0.1) is 0 Å². The van der Waals surface area contributed by atoms with Crippen molar-refractivity contribution in [2.45, 2.75) is 44.0 Å². The first kappa shape index (κ1) is 12.5. The van der Waals surface area contributed by atoms with Crippen molar-refractivity contribution in [1.82, 2.24) is 9.38 Å². The van der Waals surface area contributed by atoms with Gasteiger partial charge < -0.3 is 4.90 Å². The lowest BCUT2D eigenvalue weighted by atomic mass is 10.2. The molecular formula is C13H18BrN3S. The molecule has 0 unspecified atom stereocenters. The SMILES string of the molecule is CCN(c1nc2sccn2c1CBr)C1CCCC1. The molecule has 98 valence electrons. The lowest BCUT2D eigenvalue weighted by molar-refractivity contribution is 0.613. The molecule has 0 N–H and O–H groups in total. The van der Waals surface area contributed by atoms with Crippen LogP contribution in [0.3, 0.4) is 0 Å². The molecular weight excluding hydrogens is 310 g/mol. The number of hydrogen-bond acceptors (Lipinski definition) is 3. The molecule has 1 fully saturated rings. The van der Waals surface area contributed by atoms with Gasteiger partial charge in [-0.2, -0.15) is 0 Å². The van der Waals surface area contributed by atoms with Crippen LogP contribution < -0.4 is 4.90 Å². The van der Waals surface area contributed by atoms with E-state index in [1.807, 2.05) is 0 Å². The zero-order chi connectivity index (χ0) is 12.5. The Morgan fingerprint density at radius 1 is 1.50 bits per heavy atom. The van der Waals surface area contributed by atoms with E-state index in [0.717, 1.165) is 16.8 Å². The molecule has 2 aromatic rings. The molecule has 0 bridgehead atoms. The van der Waals surface area contributed by atoms with Gasteiger partial charge in [0.15, 0.2) is 10.8 Å². The highest BCUT2D eigenvalue weighted by Gasteiger charge is 2.26. The lowest BCUT2D eigenvalue weighted by Crippen LogP contribution is -2.34. The van der Waals surface area contributed by atoms with Gasteiger partial charge in [0, 0.05) is 29.5 Å². The fourth-order valence-electron chi connectivity index (χ4n) is 2.97. The van der Waals surface area contributed by atoms with Gasteiger partial charge in [-0.3, -0.25) is 4.40 Å². The average Bonchev–Trinajstić information content (AvgIpc) is 3.05. The standard InChI is InChI=1S/C13H18BrN3S/c1-2-16(10-5-3-4-6-10)12-11(9-14)17-7-8-18-13(17)15-12/h7-8,10H,2-6,9H2,1H3. The van der Waals surface area contributed by atoms with Gasteiger partial charge in [-0.1, -0.05) is 28.8 Å². The Balaban J connectivity index is 2.02.